The van der Waals surface area contributed by atoms with E-state index in [1.807, 2.05) is 60.7 Å². The number of hydrogen-bond donors (Lipinski definition) is 1. The molecule has 8 heteroatoms. The molecule has 0 saturated carbocycles. The Hall–Kier alpha value is -3.14. The van der Waals surface area contributed by atoms with E-state index in [1.165, 1.54) is 0 Å². The van der Waals surface area contributed by atoms with Gasteiger partial charge in [0.1, 0.15) is 24.4 Å². The zero-order valence-electron chi connectivity index (χ0n) is 20.2. The van der Waals surface area contributed by atoms with Crippen LogP contribution in [0.15, 0.2) is 84.0 Å². The van der Waals surface area contributed by atoms with Crippen molar-refractivity contribution >= 4 is 11.8 Å². The average molecular weight is 492 g/mol. The molecule has 3 aliphatic heterocycles. The van der Waals surface area contributed by atoms with E-state index in [2.05, 4.69) is 0 Å². The van der Waals surface area contributed by atoms with Gasteiger partial charge in [0.05, 0.1) is 13.2 Å². The molecule has 5 rings (SSSR count). The van der Waals surface area contributed by atoms with Crippen LogP contribution >= 0.6 is 0 Å². The molecule has 188 valence electrons. The van der Waals surface area contributed by atoms with E-state index in [9.17, 15) is 14.7 Å². The average Bonchev–Trinajstić information content (AvgIpc) is 3.12. The highest BCUT2D eigenvalue weighted by Crippen LogP contribution is 2.38. The first-order valence-corrected chi connectivity index (χ1v) is 12.0. The van der Waals surface area contributed by atoms with Crippen molar-refractivity contribution in [3.05, 3.63) is 95.1 Å². The van der Waals surface area contributed by atoms with Gasteiger partial charge in [-0.25, -0.2) is 0 Å². The lowest BCUT2D eigenvalue weighted by Crippen LogP contribution is -2.67. The molecule has 2 unspecified atom stereocenters. The van der Waals surface area contributed by atoms with Gasteiger partial charge in [0.15, 0.2) is 12.6 Å². The van der Waals surface area contributed by atoms with Gasteiger partial charge in [-0.15, -0.1) is 0 Å². The number of fused-ring (bicyclic) bond motifs is 1. The van der Waals surface area contributed by atoms with E-state index in [4.69, 9.17) is 18.9 Å². The van der Waals surface area contributed by atoms with E-state index < -0.39 is 48.7 Å². The van der Waals surface area contributed by atoms with Crippen LogP contribution in [0.2, 0.25) is 0 Å². The van der Waals surface area contributed by atoms with Gasteiger partial charge < -0.3 is 24.1 Å². The van der Waals surface area contributed by atoms with Crippen molar-refractivity contribution in [1.82, 2.24) is 4.90 Å². The molecule has 2 fully saturated rings. The van der Waals surface area contributed by atoms with Crippen LogP contribution in [0.4, 0.5) is 0 Å². The molecule has 2 amide bonds. The summed E-state index contributed by atoms with van der Waals surface area (Å²) in [6, 6.07) is 17.7. The second kappa shape index (κ2) is 10.5. The van der Waals surface area contributed by atoms with Gasteiger partial charge in [0, 0.05) is 16.7 Å². The highest BCUT2D eigenvalue weighted by atomic mass is 16.7. The molecule has 3 aliphatic rings. The van der Waals surface area contributed by atoms with Crippen LogP contribution in [0.1, 0.15) is 31.3 Å². The van der Waals surface area contributed by atoms with Crippen molar-refractivity contribution in [2.24, 2.45) is 0 Å². The van der Waals surface area contributed by atoms with Crippen molar-refractivity contribution in [2.45, 2.75) is 57.4 Å². The predicted octanol–water partition coefficient (Wildman–Crippen LogP) is 3.03. The minimum Gasteiger partial charge on any atom is -0.388 e. The number of ether oxygens (including phenoxy) is 4. The van der Waals surface area contributed by atoms with Gasteiger partial charge in [-0.1, -0.05) is 72.8 Å². The molecule has 0 aromatic heterocycles. The fraction of sp³-hybridized carbons (Fsp3) is 0.357. The Bertz CT molecular complexity index is 1160. The van der Waals surface area contributed by atoms with Crippen molar-refractivity contribution in [2.75, 3.05) is 6.61 Å². The maximum atomic E-state index is 13.3. The highest BCUT2D eigenvalue weighted by Gasteiger charge is 2.55. The Morgan fingerprint density at radius 3 is 2.42 bits per heavy atom. The summed E-state index contributed by atoms with van der Waals surface area (Å²) in [5.41, 5.74) is 2.28. The Balaban J connectivity index is 1.44. The first-order chi connectivity index (χ1) is 17.5. The van der Waals surface area contributed by atoms with Crippen molar-refractivity contribution in [1.29, 1.82) is 0 Å². The maximum Gasteiger partial charge on any atom is 0.261 e. The van der Waals surface area contributed by atoms with Crippen LogP contribution in [0, 0.1) is 0 Å². The molecular formula is C28H29NO7. The third-order valence-corrected chi connectivity index (χ3v) is 6.69. The number of imide groups is 1. The summed E-state index contributed by atoms with van der Waals surface area (Å²) in [7, 11) is 0. The van der Waals surface area contributed by atoms with Crippen LogP contribution in [0.25, 0.3) is 0 Å². The van der Waals surface area contributed by atoms with Crippen LogP contribution in [0.5, 0.6) is 0 Å². The summed E-state index contributed by atoms with van der Waals surface area (Å²) >= 11 is 0. The number of carbonyl (C=O) groups is 2. The van der Waals surface area contributed by atoms with Crippen molar-refractivity contribution < 1.29 is 33.6 Å². The topological polar surface area (TPSA) is 94.5 Å². The minimum atomic E-state index is -1.26. The molecule has 3 heterocycles. The lowest BCUT2D eigenvalue weighted by molar-refractivity contribution is -0.351. The molecular weight excluding hydrogens is 462 g/mol. The monoisotopic (exact) mass is 491 g/mol. The highest BCUT2D eigenvalue weighted by molar-refractivity contribution is 6.20. The molecule has 6 atom stereocenters. The van der Waals surface area contributed by atoms with E-state index in [0.717, 1.165) is 16.0 Å². The smallest absolute Gasteiger partial charge is 0.261 e. The number of aliphatic hydroxyl groups is 1. The zero-order chi connectivity index (χ0) is 25.2. The standard InChI is InChI=1S/C28H29NO7/c1-3-10-20-17(2)25(31)29(26(20)32)22-23(30)24-21(16-34-27(36-24)19-13-8-5-9-14-19)35-28(22)33-15-18-11-6-4-7-12-18/h3-14,21-24,27-28,30H,15-16H2,1-2H3/b10-3-/t21-,22-,23-,24-,27?,28?/m1/s1. The SMILES string of the molecule is C/C=C\C1=C(C)C(=O)N([C@H]2C(OCc3ccccc3)O[C@@H]3COC(c4ccccc4)O[C@H]3[C@@H]2O)C1=O. The summed E-state index contributed by atoms with van der Waals surface area (Å²) in [6.07, 6.45) is -1.22. The third kappa shape index (κ3) is 4.54. The quantitative estimate of drug-likeness (QED) is 0.621. The van der Waals surface area contributed by atoms with Crippen LogP contribution in [0.3, 0.4) is 0 Å². The summed E-state index contributed by atoms with van der Waals surface area (Å²) < 4.78 is 24.3. The van der Waals surface area contributed by atoms with Crippen molar-refractivity contribution in [3.63, 3.8) is 0 Å². The molecule has 0 radical (unpaired) electrons. The molecule has 36 heavy (non-hydrogen) atoms. The fourth-order valence-electron chi connectivity index (χ4n) is 4.83. The maximum absolute atomic E-state index is 13.3. The number of carbonyl (C=O) groups excluding carboxylic acids is 2. The lowest BCUT2D eigenvalue weighted by Gasteiger charge is -2.49. The number of aliphatic hydroxyl groups excluding tert-OH is 1. The fourth-order valence-corrected chi connectivity index (χ4v) is 4.83. The summed E-state index contributed by atoms with van der Waals surface area (Å²) in [5.74, 6) is -0.985. The van der Waals surface area contributed by atoms with Crippen LogP contribution < -0.4 is 0 Å². The number of benzene rings is 2. The van der Waals surface area contributed by atoms with Gasteiger partial charge in [-0.2, -0.15) is 0 Å². The molecule has 1 N–H and O–H groups in total. The number of hydrogen-bond acceptors (Lipinski definition) is 7. The molecule has 0 bridgehead atoms. The number of amides is 2. The number of rotatable bonds is 6. The Morgan fingerprint density at radius 2 is 1.72 bits per heavy atom. The van der Waals surface area contributed by atoms with Crippen LogP contribution in [-0.2, 0) is 35.1 Å². The summed E-state index contributed by atoms with van der Waals surface area (Å²) in [4.78, 5) is 27.6. The van der Waals surface area contributed by atoms with Gasteiger partial charge in [-0.05, 0) is 19.4 Å². The molecule has 0 spiro atoms. The molecule has 2 saturated heterocycles. The molecule has 2 aromatic carbocycles. The van der Waals surface area contributed by atoms with Gasteiger partial charge in [0.25, 0.3) is 11.8 Å². The van der Waals surface area contributed by atoms with E-state index >= 15 is 0 Å². The zero-order valence-corrected chi connectivity index (χ0v) is 20.2. The Labute approximate surface area is 209 Å². The second-order valence-electron chi connectivity index (χ2n) is 9.02. The largest absolute Gasteiger partial charge is 0.388 e. The first-order valence-electron chi connectivity index (χ1n) is 12.0. The minimum absolute atomic E-state index is 0.155. The Morgan fingerprint density at radius 1 is 1.03 bits per heavy atom. The van der Waals surface area contributed by atoms with Gasteiger partial charge in [-0.3, -0.25) is 14.5 Å². The van der Waals surface area contributed by atoms with Crippen molar-refractivity contribution in [3.8, 4) is 0 Å². The van der Waals surface area contributed by atoms with E-state index in [0.29, 0.717) is 5.57 Å². The van der Waals surface area contributed by atoms with Gasteiger partial charge >= 0.3 is 0 Å². The van der Waals surface area contributed by atoms with E-state index in [1.54, 1.807) is 26.0 Å². The number of nitrogens with zero attached hydrogens (tertiary/aromatic N) is 1. The summed E-state index contributed by atoms with van der Waals surface area (Å²) in [5, 5.41) is 11.6. The van der Waals surface area contributed by atoms with Crippen LogP contribution in [-0.4, -0.2) is 59.1 Å². The third-order valence-electron chi connectivity index (χ3n) is 6.69. The Kier molecular flexibility index (Phi) is 7.13. The van der Waals surface area contributed by atoms with Gasteiger partial charge in [0.2, 0.25) is 0 Å². The summed E-state index contributed by atoms with van der Waals surface area (Å²) in [6.45, 7) is 3.70. The number of allylic oxidation sites excluding steroid dienone is 1. The molecule has 2 aromatic rings. The first kappa shape index (κ1) is 24.5. The molecule has 8 nitrogen and oxygen atoms in total. The molecule has 0 aliphatic carbocycles. The predicted molar refractivity (Wildman–Crippen MR) is 129 cm³/mol. The lowest BCUT2D eigenvalue weighted by atomic mass is 9.94. The van der Waals surface area contributed by atoms with E-state index in [-0.39, 0.29) is 18.8 Å². The normalized spacial score (nSPS) is 30.8. The second-order valence-corrected chi connectivity index (χ2v) is 9.02.